The van der Waals surface area contributed by atoms with E-state index in [2.05, 4.69) is 5.32 Å². The van der Waals surface area contributed by atoms with Crippen molar-refractivity contribution in [2.75, 3.05) is 40.6 Å². The molecule has 0 saturated carbocycles. The molecule has 7 atom stereocenters. The van der Waals surface area contributed by atoms with Gasteiger partial charge in [0, 0.05) is 27.2 Å². The maximum atomic E-state index is 12.7. The van der Waals surface area contributed by atoms with Crippen molar-refractivity contribution in [1.82, 2.24) is 5.32 Å². The number of hydrogen-bond donors (Lipinski definition) is 1. The molecule has 3 rings (SSSR count). The van der Waals surface area contributed by atoms with Gasteiger partial charge in [0.2, 0.25) is 0 Å². The molecule has 144 valence electrons. The molecule has 8 nitrogen and oxygen atoms in total. The van der Waals surface area contributed by atoms with Crippen LogP contribution in [0, 0.1) is 0 Å². The molecule has 8 heteroatoms. The molecule has 3 saturated heterocycles. The molecule has 2 bridgehead atoms. The molecule has 0 aromatic heterocycles. The first-order chi connectivity index (χ1) is 12.0. The van der Waals surface area contributed by atoms with E-state index in [4.69, 9.17) is 28.4 Å². The van der Waals surface area contributed by atoms with Crippen molar-refractivity contribution in [3.63, 3.8) is 0 Å². The summed E-state index contributed by atoms with van der Waals surface area (Å²) in [4.78, 5) is 12.7. The maximum absolute atomic E-state index is 12.7. The lowest BCUT2D eigenvalue weighted by atomic mass is 9.97. The number of amides is 1. The van der Waals surface area contributed by atoms with Crippen LogP contribution in [-0.4, -0.2) is 88.7 Å². The van der Waals surface area contributed by atoms with Gasteiger partial charge >= 0.3 is 0 Å². The Labute approximate surface area is 148 Å². The molecule has 3 aliphatic rings. The second kappa shape index (κ2) is 7.85. The Hall–Kier alpha value is -0.770. The number of hydrogen-bond acceptors (Lipinski definition) is 7. The zero-order chi connectivity index (χ0) is 18.0. The summed E-state index contributed by atoms with van der Waals surface area (Å²) in [6, 6.07) is 0. The number of carbonyl (C=O) groups is 1. The lowest BCUT2D eigenvalue weighted by Crippen LogP contribution is -2.55. The highest BCUT2D eigenvalue weighted by atomic mass is 16.7. The van der Waals surface area contributed by atoms with Gasteiger partial charge in [0.25, 0.3) is 5.91 Å². The fraction of sp³-hybridized carbons (Fsp3) is 0.941. The third-order valence-corrected chi connectivity index (χ3v) is 5.18. The highest BCUT2D eigenvalue weighted by Gasteiger charge is 2.64. The summed E-state index contributed by atoms with van der Waals surface area (Å²) >= 11 is 0. The zero-order valence-electron chi connectivity index (χ0n) is 15.4. The van der Waals surface area contributed by atoms with E-state index in [1.54, 1.807) is 14.2 Å². The molecule has 1 N–H and O–H groups in total. The van der Waals surface area contributed by atoms with E-state index in [9.17, 15) is 4.79 Å². The lowest BCUT2D eigenvalue weighted by Gasteiger charge is -2.29. The summed E-state index contributed by atoms with van der Waals surface area (Å²) in [6.45, 7) is 5.43. The average Bonchev–Trinajstić information content (AvgIpc) is 3.21. The molecule has 1 unspecified atom stereocenters. The van der Waals surface area contributed by atoms with Crippen LogP contribution in [0.5, 0.6) is 0 Å². The van der Waals surface area contributed by atoms with E-state index >= 15 is 0 Å². The third kappa shape index (κ3) is 3.56. The van der Waals surface area contributed by atoms with Crippen LogP contribution in [0.3, 0.4) is 0 Å². The van der Waals surface area contributed by atoms with Crippen LogP contribution >= 0.6 is 0 Å². The fourth-order valence-electron chi connectivity index (χ4n) is 4.04. The molecule has 0 aliphatic carbocycles. The Morgan fingerprint density at radius 1 is 1.32 bits per heavy atom. The number of ether oxygens (including phenoxy) is 6. The minimum absolute atomic E-state index is 0.0151. The van der Waals surface area contributed by atoms with E-state index in [1.165, 1.54) is 0 Å². The van der Waals surface area contributed by atoms with Gasteiger partial charge in [-0.3, -0.25) is 4.79 Å². The van der Waals surface area contributed by atoms with Gasteiger partial charge < -0.3 is 33.7 Å². The summed E-state index contributed by atoms with van der Waals surface area (Å²) in [7, 11) is 3.23. The van der Waals surface area contributed by atoms with Gasteiger partial charge in [-0.25, -0.2) is 0 Å². The van der Waals surface area contributed by atoms with Crippen molar-refractivity contribution in [3.8, 4) is 0 Å². The molecule has 0 spiro atoms. The number of rotatable bonds is 8. The van der Waals surface area contributed by atoms with Gasteiger partial charge in [-0.15, -0.1) is 0 Å². The fourth-order valence-corrected chi connectivity index (χ4v) is 4.04. The van der Waals surface area contributed by atoms with E-state index in [0.29, 0.717) is 19.8 Å². The largest absolute Gasteiger partial charge is 0.382 e. The molecular weight excluding hydrogens is 330 g/mol. The number of nitrogens with one attached hydrogen (secondary N) is 1. The summed E-state index contributed by atoms with van der Waals surface area (Å²) in [6.07, 6.45) is 0.175. The van der Waals surface area contributed by atoms with Crippen molar-refractivity contribution in [2.45, 2.75) is 62.5 Å². The Morgan fingerprint density at radius 2 is 2.12 bits per heavy atom. The van der Waals surface area contributed by atoms with Crippen LogP contribution in [0.15, 0.2) is 0 Å². The van der Waals surface area contributed by atoms with Crippen LogP contribution in [0.4, 0.5) is 0 Å². The van der Waals surface area contributed by atoms with Gasteiger partial charge in [0.05, 0.1) is 38.1 Å². The van der Waals surface area contributed by atoms with Crippen LogP contribution in [-0.2, 0) is 33.2 Å². The Kier molecular flexibility index (Phi) is 5.97. The molecule has 0 aromatic rings. The summed E-state index contributed by atoms with van der Waals surface area (Å²) in [5.74, 6) is -0.209. The second-order valence-corrected chi connectivity index (χ2v) is 6.99. The molecule has 0 radical (unpaired) electrons. The van der Waals surface area contributed by atoms with Crippen molar-refractivity contribution in [2.24, 2.45) is 0 Å². The molecule has 1 amide bonds. The first-order valence-electron chi connectivity index (χ1n) is 8.88. The second-order valence-electron chi connectivity index (χ2n) is 6.99. The quantitative estimate of drug-likeness (QED) is 0.605. The van der Waals surface area contributed by atoms with Gasteiger partial charge in [0.1, 0.15) is 18.3 Å². The van der Waals surface area contributed by atoms with Crippen molar-refractivity contribution >= 4 is 5.91 Å². The predicted molar refractivity (Wildman–Crippen MR) is 87.4 cm³/mol. The summed E-state index contributed by atoms with van der Waals surface area (Å²) in [5.41, 5.74) is -1.05. The minimum Gasteiger partial charge on any atom is -0.382 e. The lowest BCUT2D eigenvalue weighted by molar-refractivity contribution is -0.169. The Balaban J connectivity index is 1.45. The molecular formula is C17H29NO7. The monoisotopic (exact) mass is 359 g/mol. The van der Waals surface area contributed by atoms with Crippen LogP contribution in [0.2, 0.25) is 0 Å². The standard InChI is InChI=1S/C17H29NO7/c1-10-7-12(13(24-10)8-20-3)22-6-5-18-16(19)17-9-23-14(11(2)25-17)15(17)21-4/h10-15H,5-9H2,1-4H3,(H,18,19)/t10-,11-,12+,13+,14?,15+,17-/m0/s1. The molecule has 3 heterocycles. The molecule has 25 heavy (non-hydrogen) atoms. The van der Waals surface area contributed by atoms with Crippen LogP contribution < -0.4 is 5.32 Å². The van der Waals surface area contributed by atoms with Crippen molar-refractivity contribution in [1.29, 1.82) is 0 Å². The Morgan fingerprint density at radius 3 is 2.80 bits per heavy atom. The minimum atomic E-state index is -1.05. The van der Waals surface area contributed by atoms with Crippen molar-refractivity contribution in [3.05, 3.63) is 0 Å². The van der Waals surface area contributed by atoms with E-state index in [-0.39, 0.29) is 49.1 Å². The van der Waals surface area contributed by atoms with E-state index < -0.39 is 5.60 Å². The van der Waals surface area contributed by atoms with E-state index in [1.807, 2.05) is 13.8 Å². The predicted octanol–water partition coefficient (Wildman–Crippen LogP) is -0.117. The number of fused-ring (bicyclic) bond motifs is 2. The highest BCUT2D eigenvalue weighted by molar-refractivity contribution is 5.87. The third-order valence-electron chi connectivity index (χ3n) is 5.18. The number of methoxy groups -OCH3 is 2. The topological polar surface area (TPSA) is 84.5 Å². The number of carbonyl (C=O) groups excluding carboxylic acids is 1. The highest BCUT2D eigenvalue weighted by Crippen LogP contribution is 2.41. The van der Waals surface area contributed by atoms with Crippen LogP contribution in [0.25, 0.3) is 0 Å². The van der Waals surface area contributed by atoms with E-state index in [0.717, 1.165) is 6.42 Å². The van der Waals surface area contributed by atoms with Gasteiger partial charge in [-0.1, -0.05) is 0 Å². The van der Waals surface area contributed by atoms with Gasteiger partial charge in [-0.05, 0) is 13.8 Å². The maximum Gasteiger partial charge on any atom is 0.257 e. The van der Waals surface area contributed by atoms with Crippen molar-refractivity contribution < 1.29 is 33.2 Å². The molecule has 3 aliphatic heterocycles. The smallest absolute Gasteiger partial charge is 0.257 e. The zero-order valence-corrected chi connectivity index (χ0v) is 15.4. The Bertz CT molecular complexity index is 476. The van der Waals surface area contributed by atoms with Gasteiger partial charge in [0.15, 0.2) is 5.60 Å². The summed E-state index contributed by atoms with van der Waals surface area (Å²) < 4.78 is 33.8. The average molecular weight is 359 g/mol. The summed E-state index contributed by atoms with van der Waals surface area (Å²) in [5, 5.41) is 2.89. The first-order valence-corrected chi connectivity index (χ1v) is 8.88. The van der Waals surface area contributed by atoms with Crippen LogP contribution in [0.1, 0.15) is 20.3 Å². The SMILES string of the molecule is COC[C@H]1O[C@@H](C)C[C@H]1OCCNC(=O)[C@@]12COC([C@H](C)O1)[C@H]2OC. The normalized spacial score (nSPS) is 42.9. The molecule has 3 fully saturated rings. The van der Waals surface area contributed by atoms with Gasteiger partial charge in [-0.2, -0.15) is 0 Å². The molecule has 0 aromatic carbocycles. The first kappa shape index (κ1) is 19.0.